The van der Waals surface area contributed by atoms with Crippen LogP contribution in [0.3, 0.4) is 0 Å². The zero-order valence-electron chi connectivity index (χ0n) is 9.91. The molecule has 106 valence electrons. The second-order valence-electron chi connectivity index (χ2n) is 4.57. The first-order valence-electron chi connectivity index (χ1n) is 4.95. The summed E-state index contributed by atoms with van der Waals surface area (Å²) in [7, 11) is -7.83. The number of rotatable bonds is 5. The van der Waals surface area contributed by atoms with Crippen LogP contribution >= 0.6 is 0 Å². The quantitative estimate of drug-likeness (QED) is 0.626. The van der Waals surface area contributed by atoms with E-state index in [0.29, 0.717) is 0 Å². The van der Waals surface area contributed by atoms with Crippen LogP contribution in [0.15, 0.2) is 0 Å². The normalized spacial score (nSPS) is 29.3. The second-order valence-corrected chi connectivity index (χ2v) is 8.83. The summed E-state index contributed by atoms with van der Waals surface area (Å²) in [6, 6.07) is -0.984. The minimum Gasteiger partial charge on any atom is -0.481 e. The van der Waals surface area contributed by atoms with E-state index >= 15 is 0 Å². The Hall–Kier alpha value is -0.710. The Kier molecular flexibility index (Phi) is 4.06. The number of carbonyl (C=O) groups is 1. The molecule has 1 rings (SSSR count). The highest BCUT2D eigenvalue weighted by Crippen LogP contribution is 2.29. The number of sulfonamides is 1. The van der Waals surface area contributed by atoms with Gasteiger partial charge in [0.1, 0.15) is 5.41 Å². The number of aliphatic carboxylic acids is 1. The zero-order chi connectivity index (χ0) is 14.2. The lowest BCUT2D eigenvalue weighted by atomic mass is 9.86. The largest absolute Gasteiger partial charge is 0.481 e. The third kappa shape index (κ3) is 3.64. The summed E-state index contributed by atoms with van der Waals surface area (Å²) in [5.74, 6) is -1.20. The Balaban J connectivity index is 2.88. The molecule has 1 aliphatic heterocycles. The van der Waals surface area contributed by atoms with Crippen LogP contribution in [0.2, 0.25) is 0 Å². The van der Waals surface area contributed by atoms with Gasteiger partial charge in [-0.2, -0.15) is 0 Å². The van der Waals surface area contributed by atoms with Gasteiger partial charge in [0.05, 0.1) is 19.3 Å². The molecule has 10 heteroatoms. The van der Waals surface area contributed by atoms with Gasteiger partial charge < -0.3 is 9.84 Å². The molecule has 0 aromatic carbocycles. The highest BCUT2D eigenvalue weighted by molar-refractivity contribution is 8.06. The van der Waals surface area contributed by atoms with Crippen LogP contribution in [0.1, 0.15) is 6.92 Å². The molecule has 8 nitrogen and oxygen atoms in total. The van der Waals surface area contributed by atoms with Gasteiger partial charge in [-0.3, -0.25) is 4.79 Å². The SMILES string of the molecule is CC1(C(=O)O)COCC1NS(=O)(=O)CS(C)(=O)=O. The van der Waals surface area contributed by atoms with Crippen molar-refractivity contribution in [3.05, 3.63) is 0 Å². The van der Waals surface area contributed by atoms with Gasteiger partial charge in [-0.1, -0.05) is 0 Å². The summed E-state index contributed by atoms with van der Waals surface area (Å²) in [4.78, 5) is 11.1. The minimum atomic E-state index is -4.11. The van der Waals surface area contributed by atoms with Crippen molar-refractivity contribution in [1.82, 2.24) is 4.72 Å². The van der Waals surface area contributed by atoms with Gasteiger partial charge >= 0.3 is 5.97 Å². The fraction of sp³-hybridized carbons (Fsp3) is 0.875. The van der Waals surface area contributed by atoms with Crippen LogP contribution in [0.4, 0.5) is 0 Å². The Bertz CT molecular complexity index is 538. The topological polar surface area (TPSA) is 127 Å². The fourth-order valence-corrected chi connectivity index (χ4v) is 4.87. The lowest BCUT2D eigenvalue weighted by molar-refractivity contribution is -0.148. The van der Waals surface area contributed by atoms with E-state index in [2.05, 4.69) is 4.72 Å². The van der Waals surface area contributed by atoms with E-state index in [1.807, 2.05) is 0 Å². The first-order valence-corrected chi connectivity index (χ1v) is 8.66. The highest BCUT2D eigenvalue weighted by Gasteiger charge is 2.48. The van der Waals surface area contributed by atoms with E-state index in [-0.39, 0.29) is 13.2 Å². The van der Waals surface area contributed by atoms with Crippen molar-refractivity contribution in [2.24, 2.45) is 5.41 Å². The maximum absolute atomic E-state index is 11.6. The summed E-state index contributed by atoms with van der Waals surface area (Å²) in [5.41, 5.74) is -1.40. The smallest absolute Gasteiger partial charge is 0.313 e. The Morgan fingerprint density at radius 3 is 2.44 bits per heavy atom. The minimum absolute atomic E-state index is 0.105. The van der Waals surface area contributed by atoms with Gasteiger partial charge in [0.15, 0.2) is 14.9 Å². The average molecular weight is 301 g/mol. The molecule has 1 saturated heterocycles. The fourth-order valence-electron chi connectivity index (χ4n) is 1.58. The van der Waals surface area contributed by atoms with E-state index in [1.165, 1.54) is 6.92 Å². The van der Waals surface area contributed by atoms with Gasteiger partial charge in [0.25, 0.3) is 0 Å². The molecule has 2 atom stereocenters. The molecule has 0 aromatic rings. The van der Waals surface area contributed by atoms with Gasteiger partial charge in [-0.15, -0.1) is 0 Å². The molecule has 1 aliphatic rings. The Morgan fingerprint density at radius 1 is 1.44 bits per heavy atom. The lowest BCUT2D eigenvalue weighted by Gasteiger charge is -2.25. The number of carboxylic acids is 1. The van der Waals surface area contributed by atoms with E-state index in [9.17, 15) is 21.6 Å². The van der Waals surface area contributed by atoms with E-state index in [1.54, 1.807) is 0 Å². The first-order chi connectivity index (χ1) is 7.96. The monoisotopic (exact) mass is 301 g/mol. The first kappa shape index (κ1) is 15.3. The molecule has 0 amide bonds. The molecule has 0 aliphatic carbocycles. The molecule has 2 unspecified atom stereocenters. The summed E-state index contributed by atoms with van der Waals surface area (Å²) in [6.07, 6.45) is 0.785. The van der Waals surface area contributed by atoms with Crippen LogP contribution < -0.4 is 4.72 Å². The molecule has 0 spiro atoms. The molecule has 0 bridgehead atoms. The predicted molar refractivity (Wildman–Crippen MR) is 62.1 cm³/mol. The third-order valence-corrected chi connectivity index (χ3v) is 6.23. The number of nitrogens with one attached hydrogen (secondary N) is 1. The van der Waals surface area contributed by atoms with Crippen LogP contribution in [0, 0.1) is 5.41 Å². The predicted octanol–water partition coefficient (Wildman–Crippen LogP) is -1.60. The van der Waals surface area contributed by atoms with Crippen molar-refractivity contribution in [2.75, 3.05) is 24.6 Å². The van der Waals surface area contributed by atoms with Crippen LogP contribution in [0.5, 0.6) is 0 Å². The third-order valence-electron chi connectivity index (χ3n) is 2.64. The standard InChI is InChI=1S/C8H15NO7S2/c1-8(7(10)11)4-16-3-6(8)9-18(14,15)5-17(2,12)13/h6,9H,3-5H2,1-2H3,(H,10,11). The van der Waals surface area contributed by atoms with Gasteiger partial charge in [-0.25, -0.2) is 21.6 Å². The van der Waals surface area contributed by atoms with E-state index in [4.69, 9.17) is 9.84 Å². The second kappa shape index (κ2) is 4.76. The van der Waals surface area contributed by atoms with Crippen molar-refractivity contribution < 1.29 is 31.5 Å². The summed E-state index contributed by atoms with van der Waals surface area (Å²) in [6.45, 7) is 1.11. The van der Waals surface area contributed by atoms with Crippen molar-refractivity contribution in [2.45, 2.75) is 13.0 Å². The molecule has 18 heavy (non-hydrogen) atoms. The molecule has 0 aromatic heterocycles. The van der Waals surface area contributed by atoms with Crippen molar-refractivity contribution in [3.8, 4) is 0 Å². The number of carboxylic acid groups (broad SMARTS) is 1. The van der Waals surface area contributed by atoms with Gasteiger partial charge in [-0.05, 0) is 6.92 Å². The average Bonchev–Trinajstić information content (AvgIpc) is 2.43. The molecular weight excluding hydrogens is 286 g/mol. The summed E-state index contributed by atoms with van der Waals surface area (Å²) in [5, 5.41) is 7.96. The molecule has 1 heterocycles. The molecule has 0 radical (unpaired) electrons. The number of hydrogen-bond donors (Lipinski definition) is 2. The highest BCUT2D eigenvalue weighted by atomic mass is 32.3. The van der Waals surface area contributed by atoms with E-state index in [0.717, 1.165) is 6.26 Å². The van der Waals surface area contributed by atoms with Gasteiger partial charge in [0, 0.05) is 6.26 Å². The summed E-state index contributed by atoms with van der Waals surface area (Å²) < 4.78 is 52.1. The van der Waals surface area contributed by atoms with E-state index < -0.39 is 42.4 Å². The van der Waals surface area contributed by atoms with Crippen molar-refractivity contribution in [1.29, 1.82) is 0 Å². The molecule has 0 saturated carbocycles. The molecule has 1 fully saturated rings. The Morgan fingerprint density at radius 2 is 2.00 bits per heavy atom. The van der Waals surface area contributed by atoms with Crippen molar-refractivity contribution in [3.63, 3.8) is 0 Å². The van der Waals surface area contributed by atoms with Crippen LogP contribution in [-0.2, 0) is 29.4 Å². The summed E-state index contributed by atoms with van der Waals surface area (Å²) >= 11 is 0. The Labute approximate surface area is 105 Å². The number of ether oxygens (including phenoxy) is 1. The molecular formula is C8H15NO7S2. The van der Waals surface area contributed by atoms with Crippen LogP contribution in [-0.4, -0.2) is 58.5 Å². The number of sulfone groups is 1. The zero-order valence-corrected chi connectivity index (χ0v) is 11.5. The number of hydrogen-bond acceptors (Lipinski definition) is 6. The van der Waals surface area contributed by atoms with Crippen molar-refractivity contribution >= 4 is 25.8 Å². The van der Waals surface area contributed by atoms with Gasteiger partial charge in [0.2, 0.25) is 10.0 Å². The maximum Gasteiger partial charge on any atom is 0.313 e. The molecule has 2 N–H and O–H groups in total. The van der Waals surface area contributed by atoms with Crippen LogP contribution in [0.25, 0.3) is 0 Å². The lowest BCUT2D eigenvalue weighted by Crippen LogP contribution is -2.50. The maximum atomic E-state index is 11.6.